The van der Waals surface area contributed by atoms with Gasteiger partial charge in [-0.15, -0.1) is 0 Å². The fourth-order valence-corrected chi connectivity index (χ4v) is 3.76. The lowest BCUT2D eigenvalue weighted by Gasteiger charge is -2.33. The first kappa shape index (κ1) is 17.8. The van der Waals surface area contributed by atoms with Crippen LogP contribution >= 0.6 is 0 Å². The van der Waals surface area contributed by atoms with Crippen LogP contribution in [0.2, 0.25) is 0 Å². The van der Waals surface area contributed by atoms with E-state index in [1.54, 1.807) is 17.1 Å². The molecular formula is C20H28N2O3. The van der Waals surface area contributed by atoms with E-state index in [2.05, 4.69) is 5.32 Å². The first-order valence-corrected chi connectivity index (χ1v) is 9.45. The number of carbonyl (C=O) groups excluding carboxylic acids is 2. The van der Waals surface area contributed by atoms with Gasteiger partial charge in [-0.25, -0.2) is 0 Å². The molecule has 1 saturated heterocycles. The highest BCUT2D eigenvalue weighted by Crippen LogP contribution is 2.21. The van der Waals surface area contributed by atoms with Gasteiger partial charge in [-0.05, 0) is 50.8 Å². The number of furan rings is 1. The summed E-state index contributed by atoms with van der Waals surface area (Å²) in [5.74, 6) is 1.48. The van der Waals surface area contributed by atoms with Crippen LogP contribution in [0.25, 0.3) is 6.08 Å². The van der Waals surface area contributed by atoms with Crippen LogP contribution < -0.4 is 5.32 Å². The largest absolute Gasteiger partial charge is 0.462 e. The van der Waals surface area contributed by atoms with E-state index in [0.717, 1.165) is 31.4 Å². The van der Waals surface area contributed by atoms with Crippen LogP contribution in [0.5, 0.6) is 0 Å². The van der Waals surface area contributed by atoms with Gasteiger partial charge in [0.2, 0.25) is 11.8 Å². The molecule has 0 aromatic carbocycles. The Morgan fingerprint density at radius 2 is 1.96 bits per heavy atom. The van der Waals surface area contributed by atoms with Gasteiger partial charge in [0.25, 0.3) is 0 Å². The number of aryl methyl sites for hydroxylation is 1. The van der Waals surface area contributed by atoms with E-state index < -0.39 is 0 Å². The number of piperidine rings is 1. The monoisotopic (exact) mass is 344 g/mol. The average Bonchev–Trinajstić information content (AvgIpc) is 3.06. The Balaban J connectivity index is 1.52. The molecule has 1 saturated carbocycles. The van der Waals surface area contributed by atoms with Gasteiger partial charge in [0.1, 0.15) is 11.5 Å². The van der Waals surface area contributed by atoms with Crippen LogP contribution in [0.4, 0.5) is 0 Å². The van der Waals surface area contributed by atoms with E-state index in [9.17, 15) is 9.59 Å². The van der Waals surface area contributed by atoms with Gasteiger partial charge in [-0.3, -0.25) is 9.59 Å². The van der Waals surface area contributed by atoms with Crippen LogP contribution in [0.3, 0.4) is 0 Å². The number of amides is 2. The standard InChI is InChI=1S/C20H28N2O3/c1-15-9-10-18(25-15)11-12-19(23)22-13-5-6-16(14-22)20(24)21-17-7-3-2-4-8-17/h9-12,16-17H,2-8,13-14H2,1H3,(H,21,24). The van der Waals surface area contributed by atoms with Crippen molar-refractivity contribution >= 4 is 17.9 Å². The topological polar surface area (TPSA) is 62.6 Å². The van der Waals surface area contributed by atoms with Crippen LogP contribution in [0.15, 0.2) is 22.6 Å². The molecule has 5 heteroatoms. The highest BCUT2D eigenvalue weighted by Gasteiger charge is 2.29. The van der Waals surface area contributed by atoms with Crippen LogP contribution in [-0.4, -0.2) is 35.8 Å². The predicted octanol–water partition coefficient (Wildman–Crippen LogP) is 3.29. The van der Waals surface area contributed by atoms with Crippen molar-refractivity contribution in [3.63, 3.8) is 0 Å². The zero-order valence-electron chi connectivity index (χ0n) is 15.0. The molecule has 0 radical (unpaired) electrons. The minimum Gasteiger partial charge on any atom is -0.462 e. The number of carbonyl (C=O) groups is 2. The van der Waals surface area contributed by atoms with Gasteiger partial charge in [0, 0.05) is 25.2 Å². The molecule has 1 unspecified atom stereocenters. The summed E-state index contributed by atoms with van der Waals surface area (Å²) in [6.07, 6.45) is 10.8. The molecule has 25 heavy (non-hydrogen) atoms. The molecule has 1 N–H and O–H groups in total. The Kier molecular flexibility index (Phi) is 5.95. The molecule has 0 spiro atoms. The van der Waals surface area contributed by atoms with Gasteiger partial charge >= 0.3 is 0 Å². The van der Waals surface area contributed by atoms with Gasteiger partial charge in [-0.2, -0.15) is 0 Å². The summed E-state index contributed by atoms with van der Waals surface area (Å²) in [4.78, 5) is 26.7. The summed E-state index contributed by atoms with van der Waals surface area (Å²) in [5, 5.41) is 3.20. The molecule has 1 aliphatic heterocycles. The molecule has 1 aliphatic carbocycles. The van der Waals surface area contributed by atoms with Crippen LogP contribution in [-0.2, 0) is 9.59 Å². The number of nitrogens with zero attached hydrogens (tertiary/aromatic N) is 1. The van der Waals surface area contributed by atoms with Crippen molar-refractivity contribution in [2.45, 2.75) is 57.9 Å². The Morgan fingerprint density at radius 1 is 1.16 bits per heavy atom. The first-order valence-electron chi connectivity index (χ1n) is 9.45. The van der Waals surface area contributed by atoms with Crippen molar-refractivity contribution in [1.29, 1.82) is 0 Å². The maximum absolute atomic E-state index is 12.5. The Labute approximate surface area is 149 Å². The third-order valence-corrected chi connectivity index (χ3v) is 5.21. The fraction of sp³-hybridized carbons (Fsp3) is 0.600. The molecule has 2 aliphatic rings. The summed E-state index contributed by atoms with van der Waals surface area (Å²) in [6.45, 7) is 3.10. The van der Waals surface area contributed by atoms with Gasteiger partial charge < -0.3 is 14.6 Å². The molecule has 1 atom stereocenters. The van der Waals surface area contributed by atoms with Crippen molar-refractivity contribution in [2.24, 2.45) is 5.92 Å². The lowest BCUT2D eigenvalue weighted by Crippen LogP contribution is -2.47. The van der Waals surface area contributed by atoms with Crippen LogP contribution in [0, 0.1) is 12.8 Å². The number of rotatable bonds is 4. The number of hydrogen-bond acceptors (Lipinski definition) is 3. The lowest BCUT2D eigenvalue weighted by molar-refractivity contribution is -0.132. The predicted molar refractivity (Wildman–Crippen MR) is 96.8 cm³/mol. The van der Waals surface area contributed by atoms with Gasteiger partial charge in [-0.1, -0.05) is 19.3 Å². The summed E-state index contributed by atoms with van der Waals surface area (Å²) in [7, 11) is 0. The van der Waals surface area contributed by atoms with E-state index in [4.69, 9.17) is 4.42 Å². The second-order valence-electron chi connectivity index (χ2n) is 7.25. The molecule has 136 valence electrons. The van der Waals surface area contributed by atoms with E-state index in [1.807, 2.05) is 19.1 Å². The zero-order chi connectivity index (χ0) is 17.6. The molecule has 1 aromatic rings. The minimum atomic E-state index is -0.0844. The summed E-state index contributed by atoms with van der Waals surface area (Å²) in [6, 6.07) is 4.04. The molecule has 5 nitrogen and oxygen atoms in total. The van der Waals surface area contributed by atoms with Gasteiger partial charge in [0.05, 0.1) is 5.92 Å². The summed E-state index contributed by atoms with van der Waals surface area (Å²) in [5.41, 5.74) is 0. The van der Waals surface area contributed by atoms with Crippen molar-refractivity contribution in [1.82, 2.24) is 10.2 Å². The fourth-order valence-electron chi connectivity index (χ4n) is 3.76. The normalized spacial score (nSPS) is 22.3. The summed E-state index contributed by atoms with van der Waals surface area (Å²) >= 11 is 0. The van der Waals surface area contributed by atoms with E-state index in [-0.39, 0.29) is 17.7 Å². The minimum absolute atomic E-state index is 0.0516. The second-order valence-corrected chi connectivity index (χ2v) is 7.25. The summed E-state index contributed by atoms with van der Waals surface area (Å²) < 4.78 is 5.44. The number of nitrogens with one attached hydrogen (secondary N) is 1. The molecule has 3 rings (SSSR count). The zero-order valence-corrected chi connectivity index (χ0v) is 15.0. The quantitative estimate of drug-likeness (QED) is 0.853. The smallest absolute Gasteiger partial charge is 0.246 e. The van der Waals surface area contributed by atoms with E-state index in [0.29, 0.717) is 24.9 Å². The number of hydrogen-bond donors (Lipinski definition) is 1. The maximum atomic E-state index is 12.5. The van der Waals surface area contributed by atoms with Crippen molar-refractivity contribution in [3.05, 3.63) is 29.7 Å². The van der Waals surface area contributed by atoms with E-state index in [1.165, 1.54) is 19.3 Å². The molecule has 0 bridgehead atoms. The highest BCUT2D eigenvalue weighted by molar-refractivity contribution is 5.92. The average molecular weight is 344 g/mol. The highest BCUT2D eigenvalue weighted by atomic mass is 16.3. The SMILES string of the molecule is Cc1ccc(C=CC(=O)N2CCCC(C(=O)NC3CCCCC3)C2)o1. The lowest BCUT2D eigenvalue weighted by atomic mass is 9.93. The van der Waals surface area contributed by atoms with Crippen molar-refractivity contribution < 1.29 is 14.0 Å². The molecule has 1 aromatic heterocycles. The first-order chi connectivity index (χ1) is 12.1. The third-order valence-electron chi connectivity index (χ3n) is 5.21. The van der Waals surface area contributed by atoms with Crippen molar-refractivity contribution in [2.75, 3.05) is 13.1 Å². The number of likely N-dealkylation sites (tertiary alicyclic amines) is 1. The molecule has 2 fully saturated rings. The second kappa shape index (κ2) is 8.37. The van der Waals surface area contributed by atoms with Crippen molar-refractivity contribution in [3.8, 4) is 0 Å². The maximum Gasteiger partial charge on any atom is 0.246 e. The Hall–Kier alpha value is -2.04. The van der Waals surface area contributed by atoms with E-state index >= 15 is 0 Å². The molecular weight excluding hydrogens is 316 g/mol. The molecule has 2 heterocycles. The third kappa shape index (κ3) is 4.97. The van der Waals surface area contributed by atoms with Gasteiger partial charge in [0.15, 0.2) is 0 Å². The Morgan fingerprint density at radius 3 is 2.68 bits per heavy atom. The van der Waals surface area contributed by atoms with Crippen LogP contribution in [0.1, 0.15) is 56.5 Å². The molecule has 2 amide bonds. The Bertz CT molecular complexity index is 629.